The normalized spacial score (nSPS) is 12.6. The third kappa shape index (κ3) is 2.85. The highest BCUT2D eigenvalue weighted by molar-refractivity contribution is 5.83. The molecule has 1 amide bonds. The van der Waals surface area contributed by atoms with E-state index in [1.54, 1.807) is 6.26 Å². The number of rotatable bonds is 6. The SMILES string of the molecule is CCN(CC)C(=O)C(CN)Cc1coc2ccccc12. The molecular weight excluding hydrogens is 252 g/mol. The number of amides is 1. The van der Waals surface area contributed by atoms with E-state index in [-0.39, 0.29) is 11.8 Å². The van der Waals surface area contributed by atoms with Gasteiger partial charge in [0.15, 0.2) is 0 Å². The van der Waals surface area contributed by atoms with Gasteiger partial charge in [-0.15, -0.1) is 0 Å². The van der Waals surface area contributed by atoms with Crippen LogP contribution in [0.25, 0.3) is 11.0 Å². The first-order valence-corrected chi connectivity index (χ1v) is 7.15. The van der Waals surface area contributed by atoms with E-state index in [2.05, 4.69) is 0 Å². The lowest BCUT2D eigenvalue weighted by Gasteiger charge is -2.24. The standard InChI is InChI=1S/C16H22N2O2/c1-3-18(4-2)16(19)12(10-17)9-13-11-20-15-8-6-5-7-14(13)15/h5-8,11-12H,3-4,9-10,17H2,1-2H3. The quantitative estimate of drug-likeness (QED) is 0.880. The molecule has 0 saturated heterocycles. The highest BCUT2D eigenvalue weighted by Crippen LogP contribution is 2.23. The second-order valence-corrected chi connectivity index (χ2v) is 4.90. The van der Waals surface area contributed by atoms with Crippen molar-refractivity contribution in [2.24, 2.45) is 11.7 Å². The lowest BCUT2D eigenvalue weighted by Crippen LogP contribution is -2.39. The Hall–Kier alpha value is -1.81. The highest BCUT2D eigenvalue weighted by Gasteiger charge is 2.23. The third-order valence-electron chi connectivity index (χ3n) is 3.74. The summed E-state index contributed by atoms with van der Waals surface area (Å²) in [7, 11) is 0. The molecule has 4 heteroatoms. The number of hydrogen-bond donors (Lipinski definition) is 1. The average Bonchev–Trinajstić information content (AvgIpc) is 2.89. The van der Waals surface area contributed by atoms with E-state index in [1.165, 1.54) is 0 Å². The number of hydrogen-bond acceptors (Lipinski definition) is 3. The molecule has 1 aromatic carbocycles. The van der Waals surface area contributed by atoms with Crippen LogP contribution in [0.2, 0.25) is 0 Å². The van der Waals surface area contributed by atoms with Gasteiger partial charge in [0.2, 0.25) is 5.91 Å². The fraction of sp³-hybridized carbons (Fsp3) is 0.438. The Morgan fingerprint density at radius 2 is 2.00 bits per heavy atom. The average molecular weight is 274 g/mol. The minimum absolute atomic E-state index is 0.128. The predicted octanol–water partition coefficient (Wildman–Crippen LogP) is 2.42. The van der Waals surface area contributed by atoms with Crippen LogP contribution in [0.15, 0.2) is 34.9 Å². The van der Waals surface area contributed by atoms with Crippen LogP contribution in [0.4, 0.5) is 0 Å². The molecule has 0 fully saturated rings. The Morgan fingerprint density at radius 1 is 1.30 bits per heavy atom. The molecule has 0 aliphatic heterocycles. The van der Waals surface area contributed by atoms with Crippen LogP contribution in [0, 0.1) is 5.92 Å². The molecule has 108 valence electrons. The number of fused-ring (bicyclic) bond motifs is 1. The van der Waals surface area contributed by atoms with Gasteiger partial charge in [0.1, 0.15) is 5.58 Å². The van der Waals surface area contributed by atoms with E-state index in [1.807, 2.05) is 43.0 Å². The first-order valence-electron chi connectivity index (χ1n) is 7.15. The number of nitrogens with zero attached hydrogens (tertiary/aromatic N) is 1. The van der Waals surface area contributed by atoms with Gasteiger partial charge in [-0.3, -0.25) is 4.79 Å². The van der Waals surface area contributed by atoms with Crippen LogP contribution in [0.5, 0.6) is 0 Å². The monoisotopic (exact) mass is 274 g/mol. The number of benzene rings is 1. The smallest absolute Gasteiger partial charge is 0.227 e. The van der Waals surface area contributed by atoms with Crippen LogP contribution < -0.4 is 5.73 Å². The maximum absolute atomic E-state index is 12.4. The first-order chi connectivity index (χ1) is 9.71. The van der Waals surface area contributed by atoms with Crippen LogP contribution in [-0.4, -0.2) is 30.4 Å². The molecule has 0 saturated carbocycles. The number of para-hydroxylation sites is 1. The number of carbonyl (C=O) groups excluding carboxylic acids is 1. The van der Waals surface area contributed by atoms with E-state index in [4.69, 9.17) is 10.2 Å². The molecule has 1 atom stereocenters. The summed E-state index contributed by atoms with van der Waals surface area (Å²) in [5.74, 6) is -0.0568. The zero-order chi connectivity index (χ0) is 14.5. The molecule has 0 radical (unpaired) electrons. The van der Waals surface area contributed by atoms with Crippen LogP contribution in [0.1, 0.15) is 19.4 Å². The van der Waals surface area contributed by atoms with Crippen LogP contribution >= 0.6 is 0 Å². The molecule has 2 N–H and O–H groups in total. The molecule has 0 bridgehead atoms. The van der Waals surface area contributed by atoms with Crippen molar-refractivity contribution in [3.05, 3.63) is 36.1 Å². The van der Waals surface area contributed by atoms with Crippen LogP contribution in [-0.2, 0) is 11.2 Å². The lowest BCUT2D eigenvalue weighted by atomic mass is 9.97. The Bertz CT molecular complexity index is 573. The Balaban J connectivity index is 2.20. The summed E-state index contributed by atoms with van der Waals surface area (Å²) < 4.78 is 5.52. The number of carbonyl (C=O) groups is 1. The Kier molecular flexibility index (Phi) is 4.79. The molecule has 1 unspecified atom stereocenters. The summed E-state index contributed by atoms with van der Waals surface area (Å²) in [4.78, 5) is 14.2. The molecule has 1 aromatic heterocycles. The zero-order valence-electron chi connectivity index (χ0n) is 12.1. The van der Waals surface area contributed by atoms with Gasteiger partial charge in [0.05, 0.1) is 12.2 Å². The van der Waals surface area contributed by atoms with Gasteiger partial charge >= 0.3 is 0 Å². The first kappa shape index (κ1) is 14.6. The Labute approximate surface area is 119 Å². The van der Waals surface area contributed by atoms with Gasteiger partial charge in [0, 0.05) is 25.0 Å². The van der Waals surface area contributed by atoms with E-state index in [0.29, 0.717) is 13.0 Å². The molecule has 4 nitrogen and oxygen atoms in total. The number of nitrogens with two attached hydrogens (primary N) is 1. The van der Waals surface area contributed by atoms with Crippen molar-refractivity contribution in [3.8, 4) is 0 Å². The van der Waals surface area contributed by atoms with E-state index in [0.717, 1.165) is 29.6 Å². The van der Waals surface area contributed by atoms with Gasteiger partial charge in [-0.1, -0.05) is 18.2 Å². The largest absolute Gasteiger partial charge is 0.464 e. The third-order valence-corrected chi connectivity index (χ3v) is 3.74. The van der Waals surface area contributed by atoms with Gasteiger partial charge in [-0.2, -0.15) is 0 Å². The summed E-state index contributed by atoms with van der Waals surface area (Å²) in [5.41, 5.74) is 7.71. The molecule has 2 aromatic rings. The van der Waals surface area contributed by atoms with Gasteiger partial charge in [0.25, 0.3) is 0 Å². The zero-order valence-corrected chi connectivity index (χ0v) is 12.1. The Morgan fingerprint density at radius 3 is 2.65 bits per heavy atom. The summed E-state index contributed by atoms with van der Waals surface area (Å²) in [6.07, 6.45) is 2.37. The summed E-state index contributed by atoms with van der Waals surface area (Å²) in [6.45, 7) is 5.77. The van der Waals surface area contributed by atoms with Crippen molar-refractivity contribution in [1.82, 2.24) is 4.90 Å². The predicted molar refractivity (Wildman–Crippen MR) is 80.4 cm³/mol. The van der Waals surface area contributed by atoms with Crippen molar-refractivity contribution < 1.29 is 9.21 Å². The van der Waals surface area contributed by atoms with Crippen molar-refractivity contribution in [2.75, 3.05) is 19.6 Å². The lowest BCUT2D eigenvalue weighted by molar-refractivity contribution is -0.134. The van der Waals surface area contributed by atoms with Crippen LogP contribution in [0.3, 0.4) is 0 Å². The highest BCUT2D eigenvalue weighted by atomic mass is 16.3. The molecule has 0 aliphatic rings. The fourth-order valence-corrected chi connectivity index (χ4v) is 2.52. The second-order valence-electron chi connectivity index (χ2n) is 4.90. The van der Waals surface area contributed by atoms with Gasteiger partial charge in [-0.25, -0.2) is 0 Å². The molecule has 1 heterocycles. The summed E-state index contributed by atoms with van der Waals surface area (Å²) in [6, 6.07) is 7.87. The minimum Gasteiger partial charge on any atom is -0.464 e. The molecule has 0 aliphatic carbocycles. The maximum Gasteiger partial charge on any atom is 0.227 e. The maximum atomic E-state index is 12.4. The molecular formula is C16H22N2O2. The van der Waals surface area contributed by atoms with Gasteiger partial charge in [-0.05, 0) is 31.9 Å². The van der Waals surface area contributed by atoms with E-state index >= 15 is 0 Å². The topological polar surface area (TPSA) is 59.5 Å². The molecule has 0 spiro atoms. The van der Waals surface area contributed by atoms with Crippen molar-refractivity contribution >= 4 is 16.9 Å². The molecule has 20 heavy (non-hydrogen) atoms. The fourth-order valence-electron chi connectivity index (χ4n) is 2.52. The van der Waals surface area contributed by atoms with E-state index in [9.17, 15) is 4.79 Å². The van der Waals surface area contributed by atoms with Crippen molar-refractivity contribution in [3.63, 3.8) is 0 Å². The van der Waals surface area contributed by atoms with Crippen molar-refractivity contribution in [1.29, 1.82) is 0 Å². The number of furan rings is 1. The van der Waals surface area contributed by atoms with Gasteiger partial charge < -0.3 is 15.1 Å². The van der Waals surface area contributed by atoms with E-state index < -0.39 is 0 Å². The van der Waals surface area contributed by atoms with Crippen molar-refractivity contribution in [2.45, 2.75) is 20.3 Å². The molecule has 2 rings (SSSR count). The minimum atomic E-state index is -0.184. The summed E-state index contributed by atoms with van der Waals surface area (Å²) >= 11 is 0. The summed E-state index contributed by atoms with van der Waals surface area (Å²) in [5, 5.41) is 1.07. The second kappa shape index (κ2) is 6.57.